The van der Waals surface area contributed by atoms with Gasteiger partial charge >= 0.3 is 6.18 Å². The molecule has 0 aliphatic heterocycles. The number of ether oxygens (including phenoxy) is 1. The van der Waals surface area contributed by atoms with E-state index in [9.17, 15) is 13.2 Å². The summed E-state index contributed by atoms with van der Waals surface area (Å²) in [4.78, 5) is 0. The molecule has 0 aliphatic rings. The van der Waals surface area contributed by atoms with E-state index in [-0.39, 0.29) is 19.1 Å². The largest absolute Gasteiger partial charge is 0.389 e. The fourth-order valence-electron chi connectivity index (χ4n) is 0.644. The molecule has 0 bridgehead atoms. The molecule has 0 saturated heterocycles. The summed E-state index contributed by atoms with van der Waals surface area (Å²) in [7, 11) is 0. The van der Waals surface area contributed by atoms with Crippen LogP contribution in [0.2, 0.25) is 0 Å². The Morgan fingerprint density at radius 2 is 2.00 bits per heavy atom. The van der Waals surface area contributed by atoms with Crippen molar-refractivity contribution in [3.05, 3.63) is 0 Å². The first-order valence-electron chi connectivity index (χ1n) is 3.82. The van der Waals surface area contributed by atoms with Crippen molar-refractivity contribution in [2.45, 2.75) is 32.0 Å². The lowest BCUT2D eigenvalue weighted by Gasteiger charge is -2.08. The van der Waals surface area contributed by atoms with E-state index in [0.717, 1.165) is 0 Å². The van der Waals surface area contributed by atoms with E-state index >= 15 is 0 Å². The summed E-state index contributed by atoms with van der Waals surface area (Å²) in [6.07, 6.45) is -4.85. The van der Waals surface area contributed by atoms with Crippen molar-refractivity contribution in [2.75, 3.05) is 13.2 Å². The maximum atomic E-state index is 11.6. The number of hydrogen-bond acceptors (Lipinski definition) is 2. The van der Waals surface area contributed by atoms with Crippen LogP contribution in [0.25, 0.3) is 0 Å². The van der Waals surface area contributed by atoms with Crippen LogP contribution in [0.5, 0.6) is 0 Å². The number of alkyl halides is 3. The maximum absolute atomic E-state index is 11.6. The molecule has 0 fully saturated rings. The van der Waals surface area contributed by atoms with Crippen molar-refractivity contribution in [3.63, 3.8) is 0 Å². The average Bonchev–Trinajstić information content (AvgIpc) is 1.83. The topological polar surface area (TPSA) is 35.2 Å². The van der Waals surface area contributed by atoms with E-state index in [4.69, 9.17) is 10.5 Å². The number of nitrogens with two attached hydrogens (primary N) is 1. The summed E-state index contributed by atoms with van der Waals surface area (Å²) in [6.45, 7) is 2.18. The highest BCUT2D eigenvalue weighted by atomic mass is 19.4. The summed E-state index contributed by atoms with van der Waals surface area (Å²) >= 11 is 0. The molecule has 1 atom stereocenters. The van der Waals surface area contributed by atoms with Crippen LogP contribution in [0.1, 0.15) is 19.8 Å². The summed E-state index contributed by atoms with van der Waals surface area (Å²) in [5, 5.41) is 0. The Morgan fingerprint density at radius 3 is 2.42 bits per heavy atom. The first kappa shape index (κ1) is 11.7. The average molecular weight is 185 g/mol. The molecule has 0 spiro atoms. The van der Waals surface area contributed by atoms with Gasteiger partial charge in [0.25, 0.3) is 0 Å². The van der Waals surface area contributed by atoms with Gasteiger partial charge in [0, 0.05) is 19.1 Å². The Morgan fingerprint density at radius 1 is 1.42 bits per heavy atom. The highest BCUT2D eigenvalue weighted by Crippen LogP contribution is 2.20. The molecule has 5 heteroatoms. The predicted molar refractivity (Wildman–Crippen MR) is 39.8 cm³/mol. The Balaban J connectivity index is 3.12. The van der Waals surface area contributed by atoms with E-state index in [1.807, 2.05) is 0 Å². The summed E-state index contributed by atoms with van der Waals surface area (Å²) in [5.74, 6) is 0. The molecule has 0 aliphatic carbocycles. The van der Waals surface area contributed by atoms with Crippen molar-refractivity contribution < 1.29 is 17.9 Å². The Bertz CT molecular complexity index is 114. The monoisotopic (exact) mass is 185 g/mol. The normalized spacial score (nSPS) is 14.8. The number of rotatable bonds is 5. The molecule has 0 heterocycles. The standard InChI is InChI=1S/C7H14F3NO/c1-6(11)5-12-4-2-3-7(8,9)10/h6H,2-5,11H2,1H3/t6-/m0/s1. The Hall–Kier alpha value is -0.290. The second-order valence-corrected chi connectivity index (χ2v) is 2.77. The molecular weight excluding hydrogens is 171 g/mol. The lowest BCUT2D eigenvalue weighted by atomic mass is 10.3. The van der Waals surface area contributed by atoms with Gasteiger partial charge in [-0.1, -0.05) is 0 Å². The lowest BCUT2D eigenvalue weighted by molar-refractivity contribution is -0.137. The van der Waals surface area contributed by atoms with Gasteiger partial charge in [-0.2, -0.15) is 13.2 Å². The third kappa shape index (κ3) is 9.71. The first-order valence-corrected chi connectivity index (χ1v) is 3.82. The smallest absolute Gasteiger partial charge is 0.380 e. The fraction of sp³-hybridized carbons (Fsp3) is 1.00. The van der Waals surface area contributed by atoms with Gasteiger partial charge in [-0.05, 0) is 13.3 Å². The van der Waals surface area contributed by atoms with Gasteiger partial charge in [0.15, 0.2) is 0 Å². The van der Waals surface area contributed by atoms with Crippen LogP contribution in [0.4, 0.5) is 13.2 Å². The number of halogens is 3. The Labute approximate surface area is 69.9 Å². The minimum atomic E-state index is -4.07. The predicted octanol–water partition coefficient (Wildman–Crippen LogP) is 1.69. The van der Waals surface area contributed by atoms with Crippen LogP contribution >= 0.6 is 0 Å². The highest BCUT2D eigenvalue weighted by molar-refractivity contribution is 4.52. The molecule has 0 unspecified atom stereocenters. The molecule has 0 amide bonds. The SMILES string of the molecule is C[C@H](N)COCCCC(F)(F)F. The van der Waals surface area contributed by atoms with Gasteiger partial charge in [0.05, 0.1) is 6.61 Å². The maximum Gasteiger partial charge on any atom is 0.389 e. The molecule has 74 valence electrons. The minimum absolute atomic E-state index is 0.0101. The van der Waals surface area contributed by atoms with Crippen LogP contribution < -0.4 is 5.73 Å². The van der Waals surface area contributed by atoms with Gasteiger partial charge in [0.2, 0.25) is 0 Å². The Kier molecular flexibility index (Phi) is 5.24. The molecule has 0 radical (unpaired) electrons. The van der Waals surface area contributed by atoms with Crippen LogP contribution in [0.3, 0.4) is 0 Å². The summed E-state index contributed by atoms with van der Waals surface area (Å²) in [5.41, 5.74) is 5.31. The third-order valence-electron chi connectivity index (χ3n) is 1.13. The molecule has 0 rings (SSSR count). The fourth-order valence-corrected chi connectivity index (χ4v) is 0.644. The van der Waals surface area contributed by atoms with Gasteiger partial charge < -0.3 is 10.5 Å². The van der Waals surface area contributed by atoms with Gasteiger partial charge in [0.1, 0.15) is 0 Å². The molecule has 0 aromatic heterocycles. The highest BCUT2D eigenvalue weighted by Gasteiger charge is 2.25. The van der Waals surface area contributed by atoms with Crippen molar-refractivity contribution >= 4 is 0 Å². The molecule has 0 aromatic rings. The molecule has 12 heavy (non-hydrogen) atoms. The summed E-state index contributed by atoms with van der Waals surface area (Å²) < 4.78 is 39.5. The summed E-state index contributed by atoms with van der Waals surface area (Å²) in [6, 6.07) is -0.115. The zero-order valence-corrected chi connectivity index (χ0v) is 7.03. The van der Waals surface area contributed by atoms with E-state index in [1.165, 1.54) is 0 Å². The lowest BCUT2D eigenvalue weighted by Crippen LogP contribution is -2.22. The van der Waals surface area contributed by atoms with E-state index in [1.54, 1.807) is 6.92 Å². The van der Waals surface area contributed by atoms with Gasteiger partial charge in [-0.15, -0.1) is 0 Å². The zero-order chi connectivity index (χ0) is 9.61. The second-order valence-electron chi connectivity index (χ2n) is 2.77. The van der Waals surface area contributed by atoms with Crippen LogP contribution in [0, 0.1) is 0 Å². The van der Waals surface area contributed by atoms with E-state index in [2.05, 4.69) is 0 Å². The zero-order valence-electron chi connectivity index (χ0n) is 7.03. The van der Waals surface area contributed by atoms with E-state index < -0.39 is 12.6 Å². The van der Waals surface area contributed by atoms with Crippen molar-refractivity contribution in [2.24, 2.45) is 5.73 Å². The van der Waals surface area contributed by atoms with E-state index in [0.29, 0.717) is 6.61 Å². The third-order valence-corrected chi connectivity index (χ3v) is 1.13. The molecular formula is C7H14F3NO. The first-order chi connectivity index (χ1) is 5.42. The second kappa shape index (κ2) is 5.37. The molecule has 0 aromatic carbocycles. The van der Waals surface area contributed by atoms with Crippen LogP contribution in [-0.2, 0) is 4.74 Å². The molecule has 2 nitrogen and oxygen atoms in total. The van der Waals surface area contributed by atoms with Crippen LogP contribution in [-0.4, -0.2) is 25.4 Å². The quantitative estimate of drug-likeness (QED) is 0.661. The van der Waals surface area contributed by atoms with Crippen LogP contribution in [0.15, 0.2) is 0 Å². The minimum Gasteiger partial charge on any atom is -0.380 e. The van der Waals surface area contributed by atoms with Gasteiger partial charge in [-0.3, -0.25) is 0 Å². The van der Waals surface area contributed by atoms with Crippen molar-refractivity contribution in [1.29, 1.82) is 0 Å². The number of hydrogen-bond donors (Lipinski definition) is 1. The molecule has 2 N–H and O–H groups in total. The molecule has 0 saturated carbocycles. The van der Waals surface area contributed by atoms with Crippen molar-refractivity contribution in [1.82, 2.24) is 0 Å². The van der Waals surface area contributed by atoms with Gasteiger partial charge in [-0.25, -0.2) is 0 Å². The van der Waals surface area contributed by atoms with Crippen molar-refractivity contribution in [3.8, 4) is 0 Å².